The standard InChI is InChI=1S/C17H32O6/c18-5-7-20-9-11-22-15-1-3-17(13-15)4-2-16(14-17)23-12-10-21-8-6-19/h15-16,18-19H,1-14H2. The second-order valence-corrected chi connectivity index (χ2v) is 6.64. The van der Waals surface area contributed by atoms with Gasteiger partial charge in [-0.2, -0.15) is 0 Å². The van der Waals surface area contributed by atoms with Gasteiger partial charge in [-0.15, -0.1) is 0 Å². The summed E-state index contributed by atoms with van der Waals surface area (Å²) in [6, 6.07) is 0. The molecule has 2 atom stereocenters. The van der Waals surface area contributed by atoms with Gasteiger partial charge < -0.3 is 29.2 Å². The Kier molecular flexibility index (Phi) is 8.79. The monoisotopic (exact) mass is 332 g/mol. The molecule has 0 heterocycles. The van der Waals surface area contributed by atoms with Crippen molar-refractivity contribution < 1.29 is 29.2 Å². The first-order valence-electron chi connectivity index (χ1n) is 8.88. The van der Waals surface area contributed by atoms with Gasteiger partial charge in [0.2, 0.25) is 0 Å². The molecule has 23 heavy (non-hydrogen) atoms. The summed E-state index contributed by atoms with van der Waals surface area (Å²) in [5.74, 6) is 0. The minimum absolute atomic E-state index is 0.0684. The minimum Gasteiger partial charge on any atom is -0.394 e. The van der Waals surface area contributed by atoms with E-state index in [1.54, 1.807) is 0 Å². The Hall–Kier alpha value is -0.240. The normalized spacial score (nSPS) is 30.5. The Bertz CT molecular complexity index is 281. The fourth-order valence-electron chi connectivity index (χ4n) is 3.89. The molecule has 6 nitrogen and oxygen atoms in total. The highest BCUT2D eigenvalue weighted by Gasteiger charge is 2.45. The number of ether oxygens (including phenoxy) is 4. The van der Waals surface area contributed by atoms with Crippen molar-refractivity contribution in [1.82, 2.24) is 0 Å². The van der Waals surface area contributed by atoms with Crippen molar-refractivity contribution in [1.29, 1.82) is 0 Å². The Labute approximate surface area is 139 Å². The molecule has 0 aromatic carbocycles. The van der Waals surface area contributed by atoms with Gasteiger partial charge >= 0.3 is 0 Å². The summed E-state index contributed by atoms with van der Waals surface area (Å²) in [6.07, 6.45) is 7.69. The Morgan fingerprint density at radius 3 is 1.61 bits per heavy atom. The van der Waals surface area contributed by atoms with Gasteiger partial charge in [-0.25, -0.2) is 0 Å². The van der Waals surface area contributed by atoms with Crippen LogP contribution in [-0.4, -0.2) is 75.3 Å². The lowest BCUT2D eigenvalue weighted by molar-refractivity contribution is -0.0105. The second-order valence-electron chi connectivity index (χ2n) is 6.64. The quantitative estimate of drug-likeness (QED) is 0.522. The Morgan fingerprint density at radius 2 is 1.17 bits per heavy atom. The zero-order valence-electron chi connectivity index (χ0n) is 14.1. The fourth-order valence-corrected chi connectivity index (χ4v) is 3.89. The molecule has 0 aliphatic heterocycles. The molecule has 2 unspecified atom stereocenters. The van der Waals surface area contributed by atoms with Crippen LogP contribution in [0.5, 0.6) is 0 Å². The van der Waals surface area contributed by atoms with Crippen LogP contribution >= 0.6 is 0 Å². The highest BCUT2D eigenvalue weighted by molar-refractivity contribution is 4.96. The van der Waals surface area contributed by atoms with E-state index in [1.165, 1.54) is 12.8 Å². The van der Waals surface area contributed by atoms with Gasteiger partial charge in [-0.1, -0.05) is 0 Å². The number of aliphatic hydroxyl groups is 2. The molecule has 2 aliphatic carbocycles. The van der Waals surface area contributed by atoms with Gasteiger partial charge in [0.05, 0.1) is 65.1 Å². The Morgan fingerprint density at radius 1 is 0.696 bits per heavy atom. The lowest BCUT2D eigenvalue weighted by Gasteiger charge is -2.23. The van der Waals surface area contributed by atoms with Crippen molar-refractivity contribution in [2.45, 2.75) is 50.7 Å². The van der Waals surface area contributed by atoms with Crippen molar-refractivity contribution in [2.75, 3.05) is 52.9 Å². The van der Waals surface area contributed by atoms with E-state index >= 15 is 0 Å². The average Bonchev–Trinajstić information content (AvgIpc) is 3.14. The second kappa shape index (κ2) is 10.6. The third-order valence-corrected chi connectivity index (χ3v) is 4.95. The van der Waals surface area contributed by atoms with Gasteiger partial charge in [0.15, 0.2) is 0 Å². The number of hydrogen-bond donors (Lipinski definition) is 2. The lowest BCUT2D eigenvalue weighted by atomic mass is 9.84. The summed E-state index contributed by atoms with van der Waals surface area (Å²) < 4.78 is 22.3. The molecule has 2 rings (SSSR count). The van der Waals surface area contributed by atoms with E-state index in [2.05, 4.69) is 0 Å². The molecule has 2 saturated carbocycles. The predicted molar refractivity (Wildman–Crippen MR) is 85.4 cm³/mol. The summed E-state index contributed by atoms with van der Waals surface area (Å²) in [4.78, 5) is 0. The van der Waals surface area contributed by atoms with Crippen LogP contribution in [0.25, 0.3) is 0 Å². The van der Waals surface area contributed by atoms with E-state index < -0.39 is 0 Å². The number of rotatable bonds is 12. The Balaban J connectivity index is 1.56. The summed E-state index contributed by atoms with van der Waals surface area (Å²) in [5.41, 5.74) is 0.410. The van der Waals surface area contributed by atoms with Crippen LogP contribution in [0.1, 0.15) is 38.5 Å². The molecule has 0 radical (unpaired) electrons. The fraction of sp³-hybridized carbons (Fsp3) is 1.00. The highest BCUT2D eigenvalue weighted by Crippen LogP contribution is 2.51. The van der Waals surface area contributed by atoms with E-state index in [1.807, 2.05) is 0 Å². The predicted octanol–water partition coefficient (Wildman–Crippen LogP) is 1.13. The van der Waals surface area contributed by atoms with Gasteiger partial charge in [-0.3, -0.25) is 0 Å². The van der Waals surface area contributed by atoms with Crippen molar-refractivity contribution >= 4 is 0 Å². The molecule has 0 bridgehead atoms. The van der Waals surface area contributed by atoms with E-state index in [0.717, 1.165) is 25.7 Å². The molecule has 0 aromatic rings. The van der Waals surface area contributed by atoms with Crippen LogP contribution in [0.3, 0.4) is 0 Å². The number of aliphatic hydroxyl groups excluding tert-OH is 2. The van der Waals surface area contributed by atoms with Crippen LogP contribution in [0.15, 0.2) is 0 Å². The van der Waals surface area contributed by atoms with Crippen molar-refractivity contribution in [2.24, 2.45) is 5.41 Å². The van der Waals surface area contributed by atoms with Gasteiger partial charge in [0, 0.05) is 0 Å². The molecule has 2 fully saturated rings. The zero-order valence-corrected chi connectivity index (χ0v) is 14.1. The maximum atomic E-state index is 8.65. The molecular weight excluding hydrogens is 300 g/mol. The maximum absolute atomic E-state index is 8.65. The van der Waals surface area contributed by atoms with Crippen molar-refractivity contribution in [3.63, 3.8) is 0 Å². The minimum atomic E-state index is 0.0684. The van der Waals surface area contributed by atoms with E-state index in [-0.39, 0.29) is 13.2 Å². The third kappa shape index (κ3) is 6.64. The smallest absolute Gasteiger partial charge is 0.0704 e. The summed E-state index contributed by atoms with van der Waals surface area (Å²) in [6.45, 7) is 3.26. The molecule has 136 valence electrons. The van der Waals surface area contributed by atoms with Crippen LogP contribution in [-0.2, 0) is 18.9 Å². The van der Waals surface area contributed by atoms with Crippen LogP contribution in [0, 0.1) is 5.41 Å². The van der Waals surface area contributed by atoms with E-state index in [4.69, 9.17) is 29.2 Å². The first-order valence-corrected chi connectivity index (χ1v) is 8.88. The van der Waals surface area contributed by atoms with Gasteiger partial charge in [-0.05, 0) is 43.9 Å². The van der Waals surface area contributed by atoms with E-state index in [9.17, 15) is 0 Å². The van der Waals surface area contributed by atoms with Gasteiger partial charge in [0.25, 0.3) is 0 Å². The SMILES string of the molecule is OCCOCCOC1CCC2(CCC(OCCOCCO)C2)C1. The molecular formula is C17H32O6. The summed E-state index contributed by atoms with van der Waals surface area (Å²) in [7, 11) is 0. The molecule has 2 aliphatic rings. The number of hydrogen-bond acceptors (Lipinski definition) is 6. The van der Waals surface area contributed by atoms with Crippen molar-refractivity contribution in [3.8, 4) is 0 Å². The summed E-state index contributed by atoms with van der Waals surface area (Å²) >= 11 is 0. The first-order chi connectivity index (χ1) is 11.3. The molecule has 6 heteroatoms. The highest BCUT2D eigenvalue weighted by atomic mass is 16.5. The van der Waals surface area contributed by atoms with Crippen LogP contribution in [0.4, 0.5) is 0 Å². The van der Waals surface area contributed by atoms with Crippen molar-refractivity contribution in [3.05, 3.63) is 0 Å². The van der Waals surface area contributed by atoms with Crippen LogP contribution in [0.2, 0.25) is 0 Å². The molecule has 0 aromatic heterocycles. The topological polar surface area (TPSA) is 77.4 Å². The maximum Gasteiger partial charge on any atom is 0.0704 e. The van der Waals surface area contributed by atoms with Crippen LogP contribution < -0.4 is 0 Å². The molecule has 1 spiro atoms. The zero-order chi connectivity index (χ0) is 16.4. The largest absolute Gasteiger partial charge is 0.394 e. The summed E-state index contributed by atoms with van der Waals surface area (Å²) in [5, 5.41) is 17.3. The molecule has 0 saturated heterocycles. The van der Waals surface area contributed by atoms with E-state index in [0.29, 0.717) is 57.3 Å². The molecule has 0 amide bonds. The molecule has 2 N–H and O–H groups in total. The third-order valence-electron chi connectivity index (χ3n) is 4.95. The first kappa shape index (κ1) is 19.1. The lowest BCUT2D eigenvalue weighted by Crippen LogP contribution is -2.20. The van der Waals surface area contributed by atoms with Gasteiger partial charge in [0.1, 0.15) is 0 Å². The average molecular weight is 332 g/mol.